The summed E-state index contributed by atoms with van der Waals surface area (Å²) in [6.45, 7) is 0.0993. The first-order valence-corrected chi connectivity index (χ1v) is 4.56. The lowest BCUT2D eigenvalue weighted by Crippen LogP contribution is -2.08. The molecule has 0 heterocycles. The second kappa shape index (κ2) is 5.62. The number of hydrogen-bond donors (Lipinski definition) is 1. The molecule has 0 aliphatic carbocycles. The maximum absolute atomic E-state index is 13.5. The summed E-state index contributed by atoms with van der Waals surface area (Å²) in [6, 6.07) is 0.743. The lowest BCUT2D eigenvalue weighted by atomic mass is 10.1. The van der Waals surface area contributed by atoms with Gasteiger partial charge in [-0.05, 0) is 0 Å². The van der Waals surface area contributed by atoms with E-state index in [1.807, 2.05) is 0 Å². The molecule has 0 unspecified atom stereocenters. The van der Waals surface area contributed by atoms with Crippen LogP contribution >= 0.6 is 0 Å². The molecule has 4 nitrogen and oxygen atoms in total. The van der Waals surface area contributed by atoms with Crippen LogP contribution in [0.2, 0.25) is 0 Å². The summed E-state index contributed by atoms with van der Waals surface area (Å²) in [6.07, 6.45) is 0.169. The minimum absolute atomic E-state index is 0.0250. The molecule has 1 aromatic rings. The van der Waals surface area contributed by atoms with E-state index in [2.05, 4.69) is 4.84 Å². The summed E-state index contributed by atoms with van der Waals surface area (Å²) < 4.78 is 36.5. The first-order valence-electron chi connectivity index (χ1n) is 4.56. The highest BCUT2D eigenvalue weighted by atomic mass is 19.1. The Kier molecular flexibility index (Phi) is 4.45. The Morgan fingerprint density at radius 3 is 2.25 bits per heavy atom. The Balaban J connectivity index is 3.22. The van der Waals surface area contributed by atoms with Crippen molar-refractivity contribution in [2.75, 3.05) is 20.8 Å². The molecule has 0 saturated heterocycles. The summed E-state index contributed by atoms with van der Waals surface area (Å²) in [5.74, 6) is 3.22. The highest BCUT2D eigenvalue weighted by molar-refractivity contribution is 5.48. The maximum atomic E-state index is 13.5. The number of methoxy groups -OCH3 is 2. The highest BCUT2D eigenvalue weighted by Crippen LogP contribution is 2.35. The zero-order valence-electron chi connectivity index (χ0n) is 9.05. The van der Waals surface area contributed by atoms with Gasteiger partial charge in [0.15, 0.2) is 17.3 Å². The molecule has 0 atom stereocenters. The Morgan fingerprint density at radius 2 is 1.75 bits per heavy atom. The average Bonchev–Trinajstić information content (AvgIpc) is 2.27. The topological polar surface area (TPSA) is 53.7 Å². The average molecular weight is 233 g/mol. The highest BCUT2D eigenvalue weighted by Gasteiger charge is 2.19. The van der Waals surface area contributed by atoms with Gasteiger partial charge in [0, 0.05) is 18.1 Å². The van der Waals surface area contributed by atoms with Gasteiger partial charge in [-0.1, -0.05) is 0 Å². The zero-order valence-corrected chi connectivity index (χ0v) is 9.05. The van der Waals surface area contributed by atoms with Crippen LogP contribution in [-0.4, -0.2) is 20.8 Å². The van der Waals surface area contributed by atoms with E-state index in [0.29, 0.717) is 0 Å². The van der Waals surface area contributed by atoms with Crippen molar-refractivity contribution in [2.45, 2.75) is 6.42 Å². The van der Waals surface area contributed by atoms with Crippen LogP contribution in [-0.2, 0) is 11.3 Å². The van der Waals surface area contributed by atoms with Gasteiger partial charge >= 0.3 is 0 Å². The third-order valence-corrected chi connectivity index (χ3v) is 2.12. The van der Waals surface area contributed by atoms with Crippen molar-refractivity contribution in [3.63, 3.8) is 0 Å². The van der Waals surface area contributed by atoms with Crippen LogP contribution in [0.3, 0.4) is 0 Å². The Morgan fingerprint density at radius 1 is 1.12 bits per heavy atom. The molecule has 0 saturated carbocycles. The Hall–Kier alpha value is -1.40. The van der Waals surface area contributed by atoms with Crippen LogP contribution in [0.15, 0.2) is 6.07 Å². The van der Waals surface area contributed by atoms with Gasteiger partial charge in [0.05, 0.1) is 20.8 Å². The van der Waals surface area contributed by atoms with Crippen molar-refractivity contribution in [2.24, 2.45) is 5.90 Å². The van der Waals surface area contributed by atoms with Crippen molar-refractivity contribution in [3.05, 3.63) is 23.3 Å². The molecule has 0 aliphatic rings. The summed E-state index contributed by atoms with van der Waals surface area (Å²) in [4.78, 5) is 4.35. The molecule has 16 heavy (non-hydrogen) atoms. The third-order valence-electron chi connectivity index (χ3n) is 2.12. The van der Waals surface area contributed by atoms with Gasteiger partial charge in [-0.2, -0.15) is 0 Å². The van der Waals surface area contributed by atoms with E-state index in [9.17, 15) is 8.78 Å². The molecule has 2 N–H and O–H groups in total. The fraction of sp³-hybridized carbons (Fsp3) is 0.400. The second-order valence-corrected chi connectivity index (χ2v) is 3.01. The quantitative estimate of drug-likeness (QED) is 0.781. The van der Waals surface area contributed by atoms with Crippen LogP contribution in [0.25, 0.3) is 0 Å². The minimum atomic E-state index is -0.811. The smallest absolute Gasteiger partial charge is 0.197 e. The fourth-order valence-corrected chi connectivity index (χ4v) is 1.42. The standard InChI is InChI=1S/C10H13F2NO3/c1-14-9-6(3-4-16-13)7(11)5-8(12)10(9)15-2/h5H,3-4,13H2,1-2H3. The first kappa shape index (κ1) is 12.7. The van der Waals surface area contributed by atoms with Gasteiger partial charge in [-0.25, -0.2) is 14.7 Å². The van der Waals surface area contributed by atoms with Gasteiger partial charge in [-0.15, -0.1) is 0 Å². The molecule has 0 aromatic heterocycles. The van der Waals surface area contributed by atoms with Gasteiger partial charge in [0.2, 0.25) is 0 Å². The van der Waals surface area contributed by atoms with E-state index in [-0.39, 0.29) is 30.1 Å². The van der Waals surface area contributed by atoms with Crippen molar-refractivity contribution in [3.8, 4) is 11.5 Å². The molecule has 1 rings (SSSR count). The van der Waals surface area contributed by atoms with Crippen molar-refractivity contribution in [1.29, 1.82) is 0 Å². The van der Waals surface area contributed by atoms with Gasteiger partial charge < -0.3 is 14.3 Å². The van der Waals surface area contributed by atoms with Crippen LogP contribution in [0.1, 0.15) is 5.56 Å². The number of rotatable bonds is 5. The number of halogens is 2. The summed E-state index contributed by atoms with van der Waals surface area (Å²) >= 11 is 0. The van der Waals surface area contributed by atoms with Gasteiger partial charge in [-0.3, -0.25) is 0 Å². The maximum Gasteiger partial charge on any atom is 0.197 e. The molecule has 0 bridgehead atoms. The number of benzene rings is 1. The van der Waals surface area contributed by atoms with Crippen molar-refractivity contribution >= 4 is 0 Å². The molecule has 0 spiro atoms. The zero-order chi connectivity index (χ0) is 12.1. The molecule has 1 aromatic carbocycles. The fourth-order valence-electron chi connectivity index (χ4n) is 1.42. The monoisotopic (exact) mass is 233 g/mol. The summed E-state index contributed by atoms with van der Waals surface area (Å²) in [7, 11) is 2.59. The summed E-state index contributed by atoms with van der Waals surface area (Å²) in [5, 5.41) is 0. The molecule has 6 heteroatoms. The lowest BCUT2D eigenvalue weighted by molar-refractivity contribution is 0.140. The second-order valence-electron chi connectivity index (χ2n) is 3.01. The van der Waals surface area contributed by atoms with Crippen LogP contribution < -0.4 is 15.4 Å². The van der Waals surface area contributed by atoms with E-state index in [0.717, 1.165) is 6.07 Å². The number of ether oxygens (including phenoxy) is 2. The van der Waals surface area contributed by atoms with E-state index < -0.39 is 11.6 Å². The Labute approximate surface area is 91.9 Å². The molecule has 0 aliphatic heterocycles. The van der Waals surface area contributed by atoms with E-state index in [4.69, 9.17) is 15.4 Å². The van der Waals surface area contributed by atoms with Crippen molar-refractivity contribution < 1.29 is 23.1 Å². The van der Waals surface area contributed by atoms with Crippen LogP contribution in [0.4, 0.5) is 8.78 Å². The van der Waals surface area contributed by atoms with E-state index in [1.54, 1.807) is 0 Å². The molecule has 0 amide bonds. The van der Waals surface area contributed by atoms with Gasteiger partial charge in [0.25, 0.3) is 0 Å². The Bertz CT molecular complexity index is 372. The predicted molar refractivity (Wildman–Crippen MR) is 53.3 cm³/mol. The molecular formula is C10H13F2NO3. The lowest BCUT2D eigenvalue weighted by Gasteiger charge is -2.13. The van der Waals surface area contributed by atoms with E-state index >= 15 is 0 Å². The molecule has 0 fully saturated rings. The van der Waals surface area contributed by atoms with Crippen molar-refractivity contribution in [1.82, 2.24) is 0 Å². The molecule has 90 valence electrons. The van der Waals surface area contributed by atoms with Crippen LogP contribution in [0.5, 0.6) is 11.5 Å². The largest absolute Gasteiger partial charge is 0.492 e. The third kappa shape index (κ3) is 2.40. The predicted octanol–water partition coefficient (Wildman–Crippen LogP) is 1.41. The normalized spacial score (nSPS) is 10.3. The molecule has 0 radical (unpaired) electrons. The van der Waals surface area contributed by atoms with Gasteiger partial charge in [0.1, 0.15) is 5.82 Å². The van der Waals surface area contributed by atoms with Crippen LogP contribution in [0, 0.1) is 11.6 Å². The summed E-state index contributed by atoms with van der Waals surface area (Å²) in [5.41, 5.74) is 0.172. The first-order chi connectivity index (χ1) is 7.65. The number of hydrogen-bond acceptors (Lipinski definition) is 4. The van der Waals surface area contributed by atoms with E-state index in [1.165, 1.54) is 14.2 Å². The number of nitrogens with two attached hydrogens (primary N) is 1. The SMILES string of the molecule is COc1c(F)cc(F)c(CCON)c1OC. The minimum Gasteiger partial charge on any atom is -0.492 e. The molecular weight excluding hydrogens is 220 g/mol.